The molecule has 10 heavy (non-hydrogen) atoms. The lowest BCUT2D eigenvalue weighted by Gasteiger charge is -2.04. The molecule has 1 unspecified atom stereocenters. The fraction of sp³-hybridized carbons (Fsp3) is 0.625. The van der Waals surface area contributed by atoms with E-state index in [2.05, 4.69) is 0 Å². The average molecular weight is 139 g/mol. The third-order valence-corrected chi connectivity index (χ3v) is 2.11. The summed E-state index contributed by atoms with van der Waals surface area (Å²) in [5.41, 5.74) is 1.40. The molecule has 0 fully saturated rings. The van der Waals surface area contributed by atoms with Crippen LogP contribution in [0.5, 0.6) is 0 Å². The van der Waals surface area contributed by atoms with Crippen molar-refractivity contribution in [3.8, 4) is 0 Å². The molecule has 56 valence electrons. The molecular formula is C8H13NO. The zero-order valence-corrected chi connectivity index (χ0v) is 6.44. The van der Waals surface area contributed by atoms with Gasteiger partial charge in [-0.05, 0) is 25.3 Å². The van der Waals surface area contributed by atoms with Crippen molar-refractivity contribution < 1.29 is 5.11 Å². The Hall–Kier alpha value is -0.790. The molecule has 0 aromatic heterocycles. The van der Waals surface area contributed by atoms with E-state index in [1.54, 1.807) is 0 Å². The van der Waals surface area contributed by atoms with Crippen molar-refractivity contribution in [1.29, 1.82) is 5.41 Å². The Morgan fingerprint density at radius 1 is 1.70 bits per heavy atom. The lowest BCUT2D eigenvalue weighted by molar-refractivity contribution is 0.438. The first kappa shape index (κ1) is 7.32. The highest BCUT2D eigenvalue weighted by Gasteiger charge is 2.25. The van der Waals surface area contributed by atoms with Gasteiger partial charge in [-0.3, -0.25) is 0 Å². The third-order valence-electron chi connectivity index (χ3n) is 2.11. The van der Waals surface area contributed by atoms with Gasteiger partial charge in [0.2, 0.25) is 0 Å². The fourth-order valence-electron chi connectivity index (χ4n) is 1.34. The van der Waals surface area contributed by atoms with Crippen LogP contribution in [0.25, 0.3) is 0 Å². The molecule has 0 bridgehead atoms. The van der Waals surface area contributed by atoms with Gasteiger partial charge < -0.3 is 10.5 Å². The van der Waals surface area contributed by atoms with E-state index < -0.39 is 0 Å². The molecule has 0 radical (unpaired) electrons. The van der Waals surface area contributed by atoms with Crippen molar-refractivity contribution in [1.82, 2.24) is 0 Å². The zero-order chi connectivity index (χ0) is 7.72. The summed E-state index contributed by atoms with van der Waals surface area (Å²) >= 11 is 0. The number of aliphatic hydroxyl groups is 1. The lowest BCUT2D eigenvalue weighted by atomic mass is 10.0. The third kappa shape index (κ3) is 0.939. The number of hydrogen-bond acceptors (Lipinski definition) is 2. The molecule has 0 aromatic carbocycles. The van der Waals surface area contributed by atoms with E-state index in [0.29, 0.717) is 5.71 Å². The quantitative estimate of drug-likeness (QED) is 0.575. The Morgan fingerprint density at radius 2 is 2.30 bits per heavy atom. The molecule has 1 aliphatic carbocycles. The van der Waals surface area contributed by atoms with Crippen LogP contribution in [0.1, 0.15) is 26.7 Å². The van der Waals surface area contributed by atoms with Gasteiger partial charge in [0.05, 0.1) is 5.71 Å². The second-order valence-electron chi connectivity index (χ2n) is 2.85. The lowest BCUT2D eigenvalue weighted by Crippen LogP contribution is -2.07. The molecule has 0 spiro atoms. The first-order chi connectivity index (χ1) is 4.66. The summed E-state index contributed by atoms with van der Waals surface area (Å²) in [6.07, 6.45) is 1.83. The van der Waals surface area contributed by atoms with Crippen molar-refractivity contribution in [2.45, 2.75) is 26.7 Å². The standard InChI is InChI=1S/C8H13NO/c1-3-6-4-5(2)8(10)7(6)9/h6,9-10H,3-4H2,1-2H3. The molecule has 1 atom stereocenters. The number of rotatable bonds is 1. The number of aliphatic hydroxyl groups excluding tert-OH is 1. The predicted molar refractivity (Wildman–Crippen MR) is 41.5 cm³/mol. The van der Waals surface area contributed by atoms with Crippen LogP contribution in [0.3, 0.4) is 0 Å². The Labute approximate surface area is 61.1 Å². The Morgan fingerprint density at radius 3 is 2.50 bits per heavy atom. The van der Waals surface area contributed by atoms with E-state index in [4.69, 9.17) is 5.41 Å². The van der Waals surface area contributed by atoms with Crippen molar-refractivity contribution in [2.75, 3.05) is 0 Å². The largest absolute Gasteiger partial charge is 0.506 e. The van der Waals surface area contributed by atoms with Gasteiger partial charge in [-0.2, -0.15) is 0 Å². The molecule has 2 nitrogen and oxygen atoms in total. The van der Waals surface area contributed by atoms with Crippen LogP contribution >= 0.6 is 0 Å². The number of hydrogen-bond donors (Lipinski definition) is 2. The van der Waals surface area contributed by atoms with E-state index in [9.17, 15) is 5.11 Å². The van der Waals surface area contributed by atoms with Gasteiger partial charge in [0.25, 0.3) is 0 Å². The van der Waals surface area contributed by atoms with E-state index in [-0.39, 0.29) is 11.7 Å². The van der Waals surface area contributed by atoms with Gasteiger partial charge in [-0.15, -0.1) is 0 Å². The highest BCUT2D eigenvalue weighted by atomic mass is 16.3. The second-order valence-corrected chi connectivity index (χ2v) is 2.85. The zero-order valence-electron chi connectivity index (χ0n) is 6.44. The Balaban J connectivity index is 2.77. The van der Waals surface area contributed by atoms with Crippen LogP contribution in [0.4, 0.5) is 0 Å². The SMILES string of the molecule is CCC1CC(C)=C(O)C1=N. The molecule has 0 saturated heterocycles. The maximum Gasteiger partial charge on any atom is 0.135 e. The summed E-state index contributed by atoms with van der Waals surface area (Å²) in [6.45, 7) is 3.94. The summed E-state index contributed by atoms with van der Waals surface area (Å²) in [6, 6.07) is 0. The van der Waals surface area contributed by atoms with Crippen LogP contribution in [0.15, 0.2) is 11.3 Å². The molecule has 0 amide bonds. The average Bonchev–Trinajstić information content (AvgIpc) is 2.17. The number of allylic oxidation sites excluding steroid dienone is 2. The molecule has 1 rings (SSSR count). The highest BCUT2D eigenvalue weighted by Crippen LogP contribution is 2.28. The summed E-state index contributed by atoms with van der Waals surface area (Å²) in [5.74, 6) is 0.506. The van der Waals surface area contributed by atoms with Gasteiger partial charge in [0.15, 0.2) is 0 Å². The number of nitrogens with one attached hydrogen (secondary N) is 1. The normalized spacial score (nSPS) is 26.2. The minimum Gasteiger partial charge on any atom is -0.506 e. The highest BCUT2D eigenvalue weighted by molar-refractivity contribution is 6.00. The van der Waals surface area contributed by atoms with Gasteiger partial charge in [-0.1, -0.05) is 6.92 Å². The van der Waals surface area contributed by atoms with Crippen molar-refractivity contribution in [3.05, 3.63) is 11.3 Å². The van der Waals surface area contributed by atoms with Crippen LogP contribution in [-0.2, 0) is 0 Å². The molecule has 0 aliphatic heterocycles. The summed E-state index contributed by atoms with van der Waals surface area (Å²) in [5, 5.41) is 16.7. The summed E-state index contributed by atoms with van der Waals surface area (Å²) < 4.78 is 0. The molecule has 0 saturated carbocycles. The van der Waals surface area contributed by atoms with Crippen molar-refractivity contribution >= 4 is 5.71 Å². The smallest absolute Gasteiger partial charge is 0.135 e. The van der Waals surface area contributed by atoms with E-state index in [1.165, 1.54) is 0 Å². The van der Waals surface area contributed by atoms with Crippen LogP contribution < -0.4 is 0 Å². The van der Waals surface area contributed by atoms with Gasteiger partial charge in [0, 0.05) is 5.92 Å². The molecule has 0 heterocycles. The molecular weight excluding hydrogens is 126 g/mol. The van der Waals surface area contributed by atoms with E-state index in [0.717, 1.165) is 18.4 Å². The van der Waals surface area contributed by atoms with Crippen LogP contribution in [0.2, 0.25) is 0 Å². The maximum atomic E-state index is 9.22. The van der Waals surface area contributed by atoms with E-state index in [1.807, 2.05) is 13.8 Å². The molecule has 2 heteroatoms. The first-order valence-corrected chi connectivity index (χ1v) is 3.64. The van der Waals surface area contributed by atoms with Crippen molar-refractivity contribution in [3.63, 3.8) is 0 Å². The van der Waals surface area contributed by atoms with Gasteiger partial charge >= 0.3 is 0 Å². The first-order valence-electron chi connectivity index (χ1n) is 3.64. The fourth-order valence-corrected chi connectivity index (χ4v) is 1.34. The molecule has 1 aliphatic rings. The minimum atomic E-state index is 0.229. The van der Waals surface area contributed by atoms with Crippen LogP contribution in [-0.4, -0.2) is 10.8 Å². The minimum absolute atomic E-state index is 0.229. The topological polar surface area (TPSA) is 44.1 Å². The van der Waals surface area contributed by atoms with E-state index >= 15 is 0 Å². The Bertz CT molecular complexity index is 193. The molecule has 2 N–H and O–H groups in total. The van der Waals surface area contributed by atoms with Crippen molar-refractivity contribution in [2.24, 2.45) is 5.92 Å². The van der Waals surface area contributed by atoms with Crippen LogP contribution in [0, 0.1) is 11.3 Å². The van der Waals surface area contributed by atoms with Gasteiger partial charge in [-0.25, -0.2) is 0 Å². The monoisotopic (exact) mass is 139 g/mol. The second kappa shape index (κ2) is 2.45. The van der Waals surface area contributed by atoms with Gasteiger partial charge in [0.1, 0.15) is 5.76 Å². The summed E-state index contributed by atoms with van der Waals surface area (Å²) in [7, 11) is 0. The predicted octanol–water partition coefficient (Wildman–Crippen LogP) is 2.27. The molecule has 0 aromatic rings. The maximum absolute atomic E-state index is 9.22. The summed E-state index contributed by atoms with van der Waals surface area (Å²) in [4.78, 5) is 0. The Kier molecular flexibility index (Phi) is 1.79.